The van der Waals surface area contributed by atoms with Crippen LogP contribution < -0.4 is 5.43 Å². The highest BCUT2D eigenvalue weighted by atomic mass is 16.5. The smallest absolute Gasteiger partial charge is 0.271 e. The van der Waals surface area contributed by atoms with E-state index in [9.17, 15) is 4.79 Å². The van der Waals surface area contributed by atoms with E-state index in [2.05, 4.69) is 28.7 Å². The minimum atomic E-state index is -0.183. The van der Waals surface area contributed by atoms with E-state index in [0.29, 0.717) is 17.8 Å². The van der Waals surface area contributed by atoms with Crippen LogP contribution in [0, 0.1) is 0 Å². The molecule has 0 saturated carbocycles. The lowest BCUT2D eigenvalue weighted by atomic mass is 9.90. The fourth-order valence-electron chi connectivity index (χ4n) is 3.10. The Morgan fingerprint density at radius 2 is 2.00 bits per heavy atom. The van der Waals surface area contributed by atoms with E-state index in [1.165, 1.54) is 11.1 Å². The standard InChI is InChI=1S/C20H22N2O2/c1-14-18(9-5-6-10-19(14)24-2)20(23)22-21-17-12-11-15-7-3-4-8-16(15)13-17/h3-4,6-10H,5,11-13H2,1-2H3,(H,22,23). The SMILES string of the molecule is COC1=C(C)C(C(=O)NN=C2CCc3ccccc3C2)=CCC=C1. The van der Waals surface area contributed by atoms with Gasteiger partial charge >= 0.3 is 0 Å². The van der Waals surface area contributed by atoms with Crippen LogP contribution >= 0.6 is 0 Å². The first-order valence-corrected chi connectivity index (χ1v) is 8.23. The molecule has 4 nitrogen and oxygen atoms in total. The summed E-state index contributed by atoms with van der Waals surface area (Å²) >= 11 is 0. The molecule has 0 heterocycles. The number of hydrazone groups is 1. The van der Waals surface area contributed by atoms with Crippen molar-refractivity contribution in [3.8, 4) is 0 Å². The van der Waals surface area contributed by atoms with Gasteiger partial charge in [-0.05, 0) is 43.4 Å². The molecule has 24 heavy (non-hydrogen) atoms. The Kier molecular flexibility index (Phi) is 4.94. The van der Waals surface area contributed by atoms with Crippen molar-refractivity contribution in [3.05, 3.63) is 70.5 Å². The zero-order valence-electron chi connectivity index (χ0n) is 14.1. The Morgan fingerprint density at radius 3 is 2.79 bits per heavy atom. The average Bonchev–Trinajstić information content (AvgIpc) is 2.80. The topological polar surface area (TPSA) is 50.7 Å². The number of rotatable bonds is 3. The Morgan fingerprint density at radius 1 is 1.21 bits per heavy atom. The van der Waals surface area contributed by atoms with Gasteiger partial charge in [-0.15, -0.1) is 0 Å². The van der Waals surface area contributed by atoms with Gasteiger partial charge in [0.2, 0.25) is 0 Å². The maximum Gasteiger partial charge on any atom is 0.271 e. The van der Waals surface area contributed by atoms with Crippen LogP contribution in [-0.4, -0.2) is 18.7 Å². The number of hydrogen-bond donors (Lipinski definition) is 1. The van der Waals surface area contributed by atoms with E-state index in [4.69, 9.17) is 4.74 Å². The molecule has 1 N–H and O–H groups in total. The van der Waals surface area contributed by atoms with Crippen LogP contribution in [0.3, 0.4) is 0 Å². The minimum absolute atomic E-state index is 0.183. The number of allylic oxidation sites excluding steroid dienone is 3. The molecule has 124 valence electrons. The largest absolute Gasteiger partial charge is 0.496 e. The van der Waals surface area contributed by atoms with Crippen LogP contribution in [0.5, 0.6) is 0 Å². The summed E-state index contributed by atoms with van der Waals surface area (Å²) in [5.41, 5.74) is 7.87. The Bertz CT molecular complexity index is 770. The second kappa shape index (κ2) is 7.30. The fraction of sp³-hybridized carbons (Fsp3) is 0.300. The number of nitrogens with zero attached hydrogens (tertiary/aromatic N) is 1. The summed E-state index contributed by atoms with van der Waals surface area (Å²) in [7, 11) is 1.61. The first-order chi connectivity index (χ1) is 11.7. The zero-order chi connectivity index (χ0) is 16.9. The molecule has 0 bridgehead atoms. The Hall–Kier alpha value is -2.62. The molecule has 3 rings (SSSR count). The first-order valence-electron chi connectivity index (χ1n) is 8.23. The molecule has 0 radical (unpaired) electrons. The normalized spacial score (nSPS) is 18.8. The van der Waals surface area contributed by atoms with Crippen LogP contribution in [0.1, 0.15) is 30.9 Å². The second-order valence-corrected chi connectivity index (χ2v) is 6.01. The van der Waals surface area contributed by atoms with E-state index in [-0.39, 0.29) is 5.91 Å². The third-order valence-corrected chi connectivity index (χ3v) is 4.48. The molecule has 2 aliphatic rings. The van der Waals surface area contributed by atoms with E-state index in [0.717, 1.165) is 30.5 Å². The first kappa shape index (κ1) is 16.2. The maximum absolute atomic E-state index is 12.5. The van der Waals surface area contributed by atoms with E-state index < -0.39 is 0 Å². The molecule has 0 aliphatic heterocycles. The second-order valence-electron chi connectivity index (χ2n) is 6.01. The van der Waals surface area contributed by atoms with Crippen LogP contribution in [0.2, 0.25) is 0 Å². The van der Waals surface area contributed by atoms with Gasteiger partial charge in [-0.1, -0.05) is 36.4 Å². The maximum atomic E-state index is 12.5. The number of nitrogens with one attached hydrogen (secondary N) is 1. The molecule has 0 saturated heterocycles. The minimum Gasteiger partial charge on any atom is -0.496 e. The monoisotopic (exact) mass is 322 g/mol. The summed E-state index contributed by atoms with van der Waals surface area (Å²) in [5.74, 6) is 0.533. The molecule has 0 spiro atoms. The number of amides is 1. The summed E-state index contributed by atoms with van der Waals surface area (Å²) in [4.78, 5) is 12.5. The van der Waals surface area contributed by atoms with Crippen molar-refractivity contribution < 1.29 is 9.53 Å². The van der Waals surface area contributed by atoms with Crippen molar-refractivity contribution in [2.75, 3.05) is 7.11 Å². The third-order valence-electron chi connectivity index (χ3n) is 4.48. The molecule has 4 heteroatoms. The van der Waals surface area contributed by atoms with Gasteiger partial charge in [0.1, 0.15) is 5.76 Å². The van der Waals surface area contributed by atoms with E-state index in [1.54, 1.807) is 7.11 Å². The van der Waals surface area contributed by atoms with E-state index >= 15 is 0 Å². The number of fused-ring (bicyclic) bond motifs is 1. The average molecular weight is 322 g/mol. The van der Waals surface area contributed by atoms with Crippen molar-refractivity contribution in [1.82, 2.24) is 5.43 Å². The van der Waals surface area contributed by atoms with Crippen LogP contribution in [-0.2, 0) is 22.4 Å². The Balaban J connectivity index is 1.71. The lowest BCUT2D eigenvalue weighted by Gasteiger charge is -2.17. The zero-order valence-corrected chi connectivity index (χ0v) is 14.1. The summed E-state index contributed by atoms with van der Waals surface area (Å²) in [5, 5.41) is 4.37. The summed E-state index contributed by atoms with van der Waals surface area (Å²) < 4.78 is 5.33. The number of carbonyl (C=O) groups excluding carboxylic acids is 1. The van der Waals surface area contributed by atoms with Crippen molar-refractivity contribution in [2.24, 2.45) is 5.10 Å². The van der Waals surface area contributed by atoms with Gasteiger partial charge in [0.05, 0.1) is 7.11 Å². The van der Waals surface area contributed by atoms with Crippen molar-refractivity contribution in [1.29, 1.82) is 0 Å². The molecule has 1 aromatic rings. The number of hydrogen-bond acceptors (Lipinski definition) is 3. The van der Waals surface area contributed by atoms with E-state index in [1.807, 2.05) is 31.2 Å². The summed E-state index contributed by atoms with van der Waals surface area (Å²) in [6.45, 7) is 1.89. The van der Waals surface area contributed by atoms with Crippen LogP contribution in [0.25, 0.3) is 0 Å². The molecular weight excluding hydrogens is 300 g/mol. The van der Waals surface area contributed by atoms with Crippen molar-refractivity contribution in [3.63, 3.8) is 0 Å². The van der Waals surface area contributed by atoms with Gasteiger partial charge in [0.15, 0.2) is 0 Å². The summed E-state index contributed by atoms with van der Waals surface area (Å²) in [6.07, 6.45) is 9.15. The van der Waals surface area contributed by atoms with Gasteiger partial charge in [0, 0.05) is 23.3 Å². The Labute approximate surface area is 142 Å². The third kappa shape index (κ3) is 3.48. The molecule has 1 amide bonds. The van der Waals surface area contributed by atoms with Gasteiger partial charge in [-0.2, -0.15) is 5.10 Å². The molecule has 0 unspecified atom stereocenters. The number of benzene rings is 1. The fourth-order valence-corrected chi connectivity index (χ4v) is 3.10. The predicted molar refractivity (Wildman–Crippen MR) is 95.6 cm³/mol. The lowest BCUT2D eigenvalue weighted by molar-refractivity contribution is -0.117. The molecule has 0 fully saturated rings. The molecular formula is C20H22N2O2. The van der Waals surface area contributed by atoms with Gasteiger partial charge in [-0.3, -0.25) is 4.79 Å². The molecule has 0 atom stereocenters. The van der Waals surface area contributed by atoms with Crippen LogP contribution in [0.15, 0.2) is 64.5 Å². The molecule has 1 aromatic carbocycles. The van der Waals surface area contributed by atoms with Crippen LogP contribution in [0.4, 0.5) is 0 Å². The quantitative estimate of drug-likeness (QED) is 0.867. The number of ether oxygens (including phenoxy) is 1. The highest BCUT2D eigenvalue weighted by Gasteiger charge is 2.17. The van der Waals surface area contributed by atoms with Gasteiger partial charge in [0.25, 0.3) is 5.91 Å². The van der Waals surface area contributed by atoms with Crippen molar-refractivity contribution >= 4 is 11.6 Å². The number of aryl methyl sites for hydroxylation is 1. The predicted octanol–water partition coefficient (Wildman–Crippen LogP) is 3.45. The highest BCUT2D eigenvalue weighted by molar-refractivity contribution is 5.99. The highest BCUT2D eigenvalue weighted by Crippen LogP contribution is 2.21. The van der Waals surface area contributed by atoms with Gasteiger partial charge < -0.3 is 4.74 Å². The van der Waals surface area contributed by atoms with Crippen molar-refractivity contribution in [2.45, 2.75) is 32.6 Å². The molecule has 2 aliphatic carbocycles. The van der Waals surface area contributed by atoms with Gasteiger partial charge in [-0.25, -0.2) is 5.43 Å². The number of methoxy groups -OCH3 is 1. The number of carbonyl (C=O) groups is 1. The summed E-state index contributed by atoms with van der Waals surface area (Å²) in [6, 6.07) is 8.40. The lowest BCUT2D eigenvalue weighted by Crippen LogP contribution is -2.24. The molecule has 0 aromatic heterocycles.